The van der Waals surface area contributed by atoms with E-state index in [0.29, 0.717) is 10.5 Å². The predicted octanol–water partition coefficient (Wildman–Crippen LogP) is 4.09. The number of benzene rings is 2. The van der Waals surface area contributed by atoms with Crippen LogP contribution in [0.25, 0.3) is 10.8 Å². The average molecular weight is 300 g/mol. The van der Waals surface area contributed by atoms with Gasteiger partial charge in [-0.2, -0.15) is 11.8 Å². The molecule has 3 heteroatoms. The maximum absolute atomic E-state index is 11.3. The number of rotatable bonds is 2. The Kier molecular flexibility index (Phi) is 3.16. The Morgan fingerprint density at radius 3 is 2.38 bits per heavy atom. The van der Waals surface area contributed by atoms with E-state index in [4.69, 9.17) is 4.74 Å². The zero-order chi connectivity index (χ0) is 14.4. The first kappa shape index (κ1) is 13.5. The van der Waals surface area contributed by atoms with E-state index in [0.717, 1.165) is 34.9 Å². The summed E-state index contributed by atoms with van der Waals surface area (Å²) in [4.78, 5) is 0. The maximum atomic E-state index is 11.3. The lowest BCUT2D eigenvalue weighted by Crippen LogP contribution is -2.34. The molecule has 0 radical (unpaired) electrons. The van der Waals surface area contributed by atoms with Crippen molar-refractivity contribution >= 4 is 22.5 Å². The van der Waals surface area contributed by atoms with Crippen molar-refractivity contribution in [2.75, 3.05) is 7.11 Å². The molecule has 0 spiro atoms. The van der Waals surface area contributed by atoms with Gasteiger partial charge in [0, 0.05) is 15.9 Å². The Labute approximate surface area is 129 Å². The first-order valence-corrected chi connectivity index (χ1v) is 8.58. The molecule has 1 N–H and O–H groups in total. The van der Waals surface area contributed by atoms with Gasteiger partial charge in [-0.25, -0.2) is 0 Å². The van der Waals surface area contributed by atoms with Gasteiger partial charge in [0.1, 0.15) is 5.75 Å². The van der Waals surface area contributed by atoms with Crippen molar-refractivity contribution < 1.29 is 9.84 Å². The maximum Gasteiger partial charge on any atom is 0.126 e. The lowest BCUT2D eigenvalue weighted by Gasteiger charge is -2.37. The molecule has 2 aliphatic heterocycles. The summed E-state index contributed by atoms with van der Waals surface area (Å²) in [6.45, 7) is 0. The largest absolute Gasteiger partial charge is 0.496 e. The van der Waals surface area contributed by atoms with Gasteiger partial charge in [-0.05, 0) is 42.7 Å². The van der Waals surface area contributed by atoms with Crippen LogP contribution in [-0.2, 0) is 5.60 Å². The molecule has 2 aliphatic rings. The molecule has 2 aromatic carbocycles. The van der Waals surface area contributed by atoms with Crippen molar-refractivity contribution in [2.24, 2.45) is 0 Å². The number of hydrogen-bond donors (Lipinski definition) is 1. The minimum atomic E-state index is -0.678. The smallest absolute Gasteiger partial charge is 0.126 e. The van der Waals surface area contributed by atoms with Crippen LogP contribution in [0.5, 0.6) is 5.75 Å². The highest BCUT2D eigenvalue weighted by molar-refractivity contribution is 8.00. The standard InChI is InChI=1S/C18H20O2S/c1-20-17-9-8-16(14-4-2-3-5-15(14)17)18(19)10-12-6-7-13(11-18)21-12/h2-5,8-9,12-13,19H,6-7,10-11H2,1H3. The minimum Gasteiger partial charge on any atom is -0.496 e. The fourth-order valence-electron chi connectivity index (χ4n) is 3.99. The molecular weight excluding hydrogens is 280 g/mol. The average Bonchev–Trinajstić information content (AvgIpc) is 2.85. The Balaban J connectivity index is 1.87. The van der Waals surface area contributed by atoms with E-state index in [-0.39, 0.29) is 0 Å². The summed E-state index contributed by atoms with van der Waals surface area (Å²) in [6, 6.07) is 12.3. The number of thioether (sulfide) groups is 1. The highest BCUT2D eigenvalue weighted by atomic mass is 32.2. The van der Waals surface area contributed by atoms with E-state index < -0.39 is 5.60 Å². The minimum absolute atomic E-state index is 0.620. The highest BCUT2D eigenvalue weighted by Gasteiger charge is 2.44. The quantitative estimate of drug-likeness (QED) is 0.905. The van der Waals surface area contributed by atoms with Gasteiger partial charge in [0.15, 0.2) is 0 Å². The molecule has 0 amide bonds. The second-order valence-corrected chi connectivity index (χ2v) is 7.86. The van der Waals surface area contributed by atoms with Crippen molar-refractivity contribution in [3.05, 3.63) is 42.0 Å². The number of hydrogen-bond acceptors (Lipinski definition) is 3. The van der Waals surface area contributed by atoms with E-state index in [9.17, 15) is 5.11 Å². The van der Waals surface area contributed by atoms with Crippen LogP contribution in [0.3, 0.4) is 0 Å². The molecule has 4 rings (SSSR count). The summed E-state index contributed by atoms with van der Waals surface area (Å²) in [5, 5.41) is 14.8. The number of ether oxygens (including phenoxy) is 1. The van der Waals surface area contributed by atoms with Crippen LogP contribution in [0.15, 0.2) is 36.4 Å². The topological polar surface area (TPSA) is 29.5 Å². The Hall–Kier alpha value is -1.19. The third-order valence-electron chi connectivity index (χ3n) is 4.93. The van der Waals surface area contributed by atoms with Crippen LogP contribution in [-0.4, -0.2) is 22.7 Å². The third-order valence-corrected chi connectivity index (χ3v) is 6.51. The van der Waals surface area contributed by atoms with Gasteiger partial charge in [0.25, 0.3) is 0 Å². The number of fused-ring (bicyclic) bond motifs is 3. The summed E-state index contributed by atoms with van der Waals surface area (Å²) in [5.74, 6) is 0.881. The van der Waals surface area contributed by atoms with Crippen molar-refractivity contribution in [1.29, 1.82) is 0 Å². The Bertz CT molecular complexity index is 670. The zero-order valence-electron chi connectivity index (χ0n) is 12.2. The summed E-state index contributed by atoms with van der Waals surface area (Å²) < 4.78 is 5.47. The Morgan fingerprint density at radius 2 is 1.71 bits per heavy atom. The lowest BCUT2D eigenvalue weighted by atomic mass is 9.83. The van der Waals surface area contributed by atoms with Crippen LogP contribution in [0.4, 0.5) is 0 Å². The molecule has 2 aromatic rings. The van der Waals surface area contributed by atoms with Crippen molar-refractivity contribution in [2.45, 2.75) is 41.8 Å². The van der Waals surface area contributed by atoms with E-state index in [2.05, 4.69) is 30.0 Å². The molecule has 0 aliphatic carbocycles. The first-order valence-electron chi connectivity index (χ1n) is 7.64. The van der Waals surface area contributed by atoms with Crippen LogP contribution >= 0.6 is 11.8 Å². The molecule has 2 atom stereocenters. The molecule has 0 aromatic heterocycles. The molecule has 0 saturated carbocycles. The van der Waals surface area contributed by atoms with Crippen molar-refractivity contribution in [3.63, 3.8) is 0 Å². The lowest BCUT2D eigenvalue weighted by molar-refractivity contribution is 0.0211. The fourth-order valence-corrected chi connectivity index (χ4v) is 5.82. The molecule has 2 bridgehead atoms. The van der Waals surface area contributed by atoms with E-state index in [1.807, 2.05) is 18.2 Å². The number of aliphatic hydroxyl groups is 1. The van der Waals surface area contributed by atoms with Gasteiger partial charge in [0.05, 0.1) is 12.7 Å². The molecule has 2 unspecified atom stereocenters. The molecule has 2 heterocycles. The molecule has 2 fully saturated rings. The SMILES string of the molecule is COc1ccc(C2(O)CC3CCC(C2)S3)c2ccccc12. The fraction of sp³-hybridized carbons (Fsp3) is 0.444. The zero-order valence-corrected chi connectivity index (χ0v) is 13.0. The van der Waals surface area contributed by atoms with Gasteiger partial charge in [-0.1, -0.05) is 30.3 Å². The van der Waals surface area contributed by atoms with E-state index >= 15 is 0 Å². The van der Waals surface area contributed by atoms with Crippen LogP contribution in [0, 0.1) is 0 Å². The third kappa shape index (κ3) is 2.14. The van der Waals surface area contributed by atoms with Gasteiger partial charge >= 0.3 is 0 Å². The van der Waals surface area contributed by atoms with E-state index in [1.165, 1.54) is 12.8 Å². The predicted molar refractivity (Wildman–Crippen MR) is 88.0 cm³/mol. The van der Waals surface area contributed by atoms with Crippen molar-refractivity contribution in [3.8, 4) is 5.75 Å². The molecular formula is C18H20O2S. The van der Waals surface area contributed by atoms with Gasteiger partial charge in [-0.3, -0.25) is 0 Å². The highest BCUT2D eigenvalue weighted by Crippen LogP contribution is 2.52. The second-order valence-electron chi connectivity index (χ2n) is 6.26. The summed E-state index contributed by atoms with van der Waals surface area (Å²) in [5.41, 5.74) is 0.402. The van der Waals surface area contributed by atoms with Crippen LogP contribution < -0.4 is 4.74 Å². The van der Waals surface area contributed by atoms with Crippen LogP contribution in [0.1, 0.15) is 31.2 Å². The van der Waals surface area contributed by atoms with Crippen LogP contribution in [0.2, 0.25) is 0 Å². The molecule has 110 valence electrons. The first-order chi connectivity index (χ1) is 10.2. The molecule has 21 heavy (non-hydrogen) atoms. The van der Waals surface area contributed by atoms with Gasteiger partial charge in [0.2, 0.25) is 0 Å². The summed E-state index contributed by atoms with van der Waals surface area (Å²) >= 11 is 2.08. The second kappa shape index (κ2) is 4.92. The Morgan fingerprint density at radius 1 is 1.05 bits per heavy atom. The summed E-state index contributed by atoms with van der Waals surface area (Å²) in [6.07, 6.45) is 4.27. The number of methoxy groups -OCH3 is 1. The van der Waals surface area contributed by atoms with E-state index in [1.54, 1.807) is 7.11 Å². The molecule has 2 nitrogen and oxygen atoms in total. The van der Waals surface area contributed by atoms with Crippen molar-refractivity contribution in [1.82, 2.24) is 0 Å². The van der Waals surface area contributed by atoms with Gasteiger partial charge < -0.3 is 9.84 Å². The summed E-state index contributed by atoms with van der Waals surface area (Å²) in [7, 11) is 1.70. The normalized spacial score (nSPS) is 31.5. The molecule has 2 saturated heterocycles. The van der Waals surface area contributed by atoms with Gasteiger partial charge in [-0.15, -0.1) is 0 Å². The monoisotopic (exact) mass is 300 g/mol.